The van der Waals surface area contributed by atoms with E-state index in [9.17, 15) is 9.59 Å². The first-order valence-electron chi connectivity index (χ1n) is 11.7. The summed E-state index contributed by atoms with van der Waals surface area (Å²) in [6.07, 6.45) is 2.27. The van der Waals surface area contributed by atoms with E-state index in [2.05, 4.69) is 24.3 Å². The molecule has 1 unspecified atom stereocenters. The maximum Gasteiger partial charge on any atom is 0.259 e. The van der Waals surface area contributed by atoms with Gasteiger partial charge in [-0.3, -0.25) is 19.9 Å². The van der Waals surface area contributed by atoms with Crippen LogP contribution in [0.15, 0.2) is 34.9 Å². The Kier molecular flexibility index (Phi) is 6.28. The molecule has 8 nitrogen and oxygen atoms in total. The summed E-state index contributed by atoms with van der Waals surface area (Å²) in [4.78, 5) is 29.8. The number of likely N-dealkylation sites (tertiary alicyclic amines) is 1. The summed E-state index contributed by atoms with van der Waals surface area (Å²) >= 11 is 0. The number of nitrogens with one attached hydrogen (secondary N) is 2. The molecule has 2 saturated heterocycles. The highest BCUT2D eigenvalue weighted by molar-refractivity contribution is 6.07. The van der Waals surface area contributed by atoms with Crippen molar-refractivity contribution in [2.45, 2.75) is 52.5 Å². The lowest BCUT2D eigenvalue weighted by Crippen LogP contribution is -2.46. The van der Waals surface area contributed by atoms with Crippen LogP contribution in [0.25, 0.3) is 11.3 Å². The van der Waals surface area contributed by atoms with Gasteiger partial charge in [0.15, 0.2) is 5.96 Å². The molecule has 2 N–H and O–H groups in total. The van der Waals surface area contributed by atoms with Crippen molar-refractivity contribution >= 4 is 17.8 Å². The summed E-state index contributed by atoms with van der Waals surface area (Å²) in [6.45, 7) is 9.55. The van der Waals surface area contributed by atoms with Crippen molar-refractivity contribution in [2.75, 3.05) is 19.6 Å². The summed E-state index contributed by atoms with van der Waals surface area (Å²) in [6, 6.07) is 9.59. The van der Waals surface area contributed by atoms with Crippen molar-refractivity contribution in [1.82, 2.24) is 20.3 Å². The molecule has 2 aromatic rings. The van der Waals surface area contributed by atoms with Crippen LogP contribution in [0.3, 0.4) is 0 Å². The van der Waals surface area contributed by atoms with Crippen LogP contribution in [0.5, 0.6) is 0 Å². The monoisotopic (exact) mass is 451 g/mol. The van der Waals surface area contributed by atoms with Gasteiger partial charge >= 0.3 is 0 Å². The van der Waals surface area contributed by atoms with E-state index in [1.54, 1.807) is 11.8 Å². The van der Waals surface area contributed by atoms with E-state index in [1.165, 1.54) is 0 Å². The number of benzene rings is 1. The molecule has 2 fully saturated rings. The molecule has 3 heterocycles. The number of aromatic nitrogens is 1. The molecule has 2 amide bonds. The van der Waals surface area contributed by atoms with Gasteiger partial charge in [0.25, 0.3) is 11.8 Å². The van der Waals surface area contributed by atoms with Crippen molar-refractivity contribution in [3.63, 3.8) is 0 Å². The molecule has 2 aliphatic heterocycles. The van der Waals surface area contributed by atoms with Crippen LogP contribution in [-0.4, -0.2) is 57.9 Å². The maximum absolute atomic E-state index is 13.3. The van der Waals surface area contributed by atoms with E-state index in [4.69, 9.17) is 9.93 Å². The Hall–Kier alpha value is -3.16. The van der Waals surface area contributed by atoms with Crippen molar-refractivity contribution in [1.29, 1.82) is 5.41 Å². The quantitative estimate of drug-likeness (QED) is 0.698. The molecule has 0 bridgehead atoms. The van der Waals surface area contributed by atoms with E-state index < -0.39 is 5.54 Å². The third-order valence-corrected chi connectivity index (χ3v) is 6.66. The van der Waals surface area contributed by atoms with Crippen LogP contribution in [0.1, 0.15) is 56.2 Å². The predicted molar refractivity (Wildman–Crippen MR) is 126 cm³/mol. The van der Waals surface area contributed by atoms with Gasteiger partial charge in [0, 0.05) is 25.2 Å². The van der Waals surface area contributed by atoms with Gasteiger partial charge in [0.1, 0.15) is 22.6 Å². The number of nitrogens with zero attached hydrogens (tertiary/aromatic N) is 3. The van der Waals surface area contributed by atoms with E-state index in [1.807, 2.05) is 42.2 Å². The number of carbonyl (C=O) groups is 2. The minimum absolute atomic E-state index is 0.0210. The second kappa shape index (κ2) is 9.00. The third-order valence-electron chi connectivity index (χ3n) is 6.66. The highest BCUT2D eigenvalue weighted by Gasteiger charge is 2.46. The topological polar surface area (TPSA) is 103 Å². The lowest BCUT2D eigenvalue weighted by molar-refractivity contribution is -0.131. The second-order valence-corrected chi connectivity index (χ2v) is 9.88. The smallest absolute Gasteiger partial charge is 0.259 e. The molecule has 1 atom stereocenters. The van der Waals surface area contributed by atoms with Crippen LogP contribution in [0.2, 0.25) is 0 Å². The zero-order valence-electron chi connectivity index (χ0n) is 19.9. The number of hydrogen-bond acceptors (Lipinski definition) is 5. The van der Waals surface area contributed by atoms with Gasteiger partial charge in [-0.05, 0) is 44.9 Å². The van der Waals surface area contributed by atoms with Crippen LogP contribution in [0.4, 0.5) is 0 Å². The Labute approximate surface area is 194 Å². The molecule has 4 rings (SSSR count). The Bertz CT molecular complexity index is 1040. The van der Waals surface area contributed by atoms with Crippen LogP contribution in [0, 0.1) is 24.2 Å². The number of piperidine rings is 1. The number of hydrogen-bond donors (Lipinski definition) is 2. The molecule has 1 aromatic carbocycles. The highest BCUT2D eigenvalue weighted by Crippen LogP contribution is 2.30. The predicted octanol–water partition coefficient (Wildman–Crippen LogP) is 3.67. The summed E-state index contributed by atoms with van der Waals surface area (Å²) in [5, 5.41) is 15.5. The molecular weight excluding hydrogens is 418 g/mol. The highest BCUT2D eigenvalue weighted by atomic mass is 16.5. The molecule has 176 valence electrons. The summed E-state index contributed by atoms with van der Waals surface area (Å²) in [7, 11) is 0. The van der Waals surface area contributed by atoms with Crippen molar-refractivity contribution in [3.05, 3.63) is 41.7 Å². The second-order valence-electron chi connectivity index (χ2n) is 9.88. The molecule has 33 heavy (non-hydrogen) atoms. The number of guanidine groups is 1. The minimum Gasteiger partial charge on any atom is -0.360 e. The van der Waals surface area contributed by atoms with Gasteiger partial charge in [-0.1, -0.05) is 49.3 Å². The Morgan fingerprint density at radius 3 is 2.58 bits per heavy atom. The van der Waals surface area contributed by atoms with Gasteiger partial charge in [0.2, 0.25) is 0 Å². The van der Waals surface area contributed by atoms with Gasteiger partial charge in [0.05, 0.1) is 0 Å². The Morgan fingerprint density at radius 1 is 1.27 bits per heavy atom. The summed E-state index contributed by atoms with van der Waals surface area (Å²) < 4.78 is 5.37. The number of rotatable bonds is 6. The first-order chi connectivity index (χ1) is 15.7. The Morgan fingerprint density at radius 2 is 1.94 bits per heavy atom. The van der Waals surface area contributed by atoms with Gasteiger partial charge in [-0.25, -0.2) is 0 Å². The zero-order chi connectivity index (χ0) is 23.8. The van der Waals surface area contributed by atoms with E-state index in [-0.39, 0.29) is 23.7 Å². The van der Waals surface area contributed by atoms with Crippen molar-refractivity contribution in [2.24, 2.45) is 11.8 Å². The molecule has 0 radical (unpaired) electrons. The number of amides is 2. The fourth-order valence-corrected chi connectivity index (χ4v) is 5.06. The standard InChI is InChI=1S/C25H33N5O3/c1-16(2)14-25(4)23(32)30(24(26)27-25)15-18-10-12-29(13-11-18)22(31)20-17(3)33-28-21(20)19-8-6-5-7-9-19/h5-9,16,18H,10-15H2,1-4H3,(H2,26,27). The fraction of sp³-hybridized carbons (Fsp3) is 0.520. The molecule has 0 aliphatic carbocycles. The van der Waals surface area contributed by atoms with Crippen LogP contribution < -0.4 is 5.32 Å². The summed E-state index contributed by atoms with van der Waals surface area (Å²) in [5.74, 6) is 1.23. The molecular formula is C25H33N5O3. The lowest BCUT2D eigenvalue weighted by Gasteiger charge is -2.33. The van der Waals surface area contributed by atoms with Gasteiger partial charge in [-0.2, -0.15) is 0 Å². The average Bonchev–Trinajstić information content (AvgIpc) is 3.26. The van der Waals surface area contributed by atoms with Gasteiger partial charge in [-0.15, -0.1) is 0 Å². The number of aryl methyl sites for hydroxylation is 1. The first-order valence-corrected chi connectivity index (χ1v) is 11.7. The normalized spacial score (nSPS) is 21.7. The lowest BCUT2D eigenvalue weighted by atomic mass is 9.90. The Balaban J connectivity index is 1.39. The molecule has 0 spiro atoms. The first kappa shape index (κ1) is 23.0. The van der Waals surface area contributed by atoms with E-state index >= 15 is 0 Å². The SMILES string of the molecule is Cc1onc(-c2ccccc2)c1C(=O)N1CCC(CN2C(=N)NC(C)(CC(C)C)C2=O)CC1. The van der Waals surface area contributed by atoms with Crippen LogP contribution in [-0.2, 0) is 4.79 Å². The largest absolute Gasteiger partial charge is 0.360 e. The van der Waals surface area contributed by atoms with Crippen molar-refractivity contribution < 1.29 is 14.1 Å². The average molecular weight is 452 g/mol. The van der Waals surface area contributed by atoms with E-state index in [0.717, 1.165) is 18.4 Å². The third kappa shape index (κ3) is 4.51. The summed E-state index contributed by atoms with van der Waals surface area (Å²) in [5.41, 5.74) is 1.24. The van der Waals surface area contributed by atoms with Crippen molar-refractivity contribution in [3.8, 4) is 11.3 Å². The molecule has 0 saturated carbocycles. The molecule has 1 aromatic heterocycles. The number of carbonyl (C=O) groups excluding carboxylic acids is 2. The molecule has 2 aliphatic rings. The molecule has 8 heteroatoms. The zero-order valence-corrected chi connectivity index (χ0v) is 19.9. The minimum atomic E-state index is -0.707. The fourth-order valence-electron chi connectivity index (χ4n) is 5.06. The van der Waals surface area contributed by atoms with Crippen LogP contribution >= 0.6 is 0 Å². The maximum atomic E-state index is 13.3. The van der Waals surface area contributed by atoms with E-state index in [0.29, 0.717) is 49.0 Å². The van der Waals surface area contributed by atoms with Gasteiger partial charge < -0.3 is 14.7 Å².